The van der Waals surface area contributed by atoms with E-state index in [1.165, 1.54) is 5.56 Å². The van der Waals surface area contributed by atoms with Gasteiger partial charge in [-0.05, 0) is 86.2 Å². The first-order valence-corrected chi connectivity index (χ1v) is 15.3. The molecule has 0 atom stereocenters. The Balaban J connectivity index is 1.27. The van der Waals surface area contributed by atoms with Crippen LogP contribution in [0.1, 0.15) is 38.6 Å². The Kier molecular flexibility index (Phi) is 6.91. The summed E-state index contributed by atoms with van der Waals surface area (Å²) in [7, 11) is 0. The molecule has 0 saturated carbocycles. The second-order valence-electron chi connectivity index (χ2n) is 11.8. The molecule has 7 aromatic rings. The number of aromatic nitrogens is 4. The van der Waals surface area contributed by atoms with Crippen molar-refractivity contribution in [1.29, 1.82) is 0 Å². The van der Waals surface area contributed by atoms with Crippen molar-refractivity contribution in [1.82, 2.24) is 19.3 Å². The van der Waals surface area contributed by atoms with Crippen LogP contribution in [0.4, 0.5) is 0 Å². The molecule has 3 heterocycles. The van der Waals surface area contributed by atoms with Gasteiger partial charge in [-0.1, -0.05) is 68.4 Å². The second kappa shape index (κ2) is 11.5. The molecule has 0 N–H and O–H groups in total. The fourth-order valence-corrected chi connectivity index (χ4v) is 6.12. The van der Waals surface area contributed by atoms with Crippen molar-refractivity contribution in [2.24, 2.45) is 5.92 Å². The number of fused-ring (bicyclic) bond motifs is 3. The number of hydrogen-bond donors (Lipinski definition) is 0. The normalized spacial score (nSPS) is 11.9. The van der Waals surface area contributed by atoms with E-state index in [1.54, 1.807) is 0 Å². The average molecular weight is 578 g/mol. The van der Waals surface area contributed by atoms with Crippen LogP contribution < -0.4 is 4.74 Å². The zero-order valence-electron chi connectivity index (χ0n) is 26.6. The standard InChI is InChI=1S/C39H36N4O/c1-26(2)17-18-29-21-22-40-38(23-29)42-36-16-9-8-15-34(36)35-20-19-33(25-37(35)42)44-32-14-10-13-31(24-32)43-28(4)39(27(3)41-43)30-11-6-5-7-12-30/h5-16,19-26H,17-18H2,1-4H3/i8D. The molecule has 44 heavy (non-hydrogen) atoms. The summed E-state index contributed by atoms with van der Waals surface area (Å²) in [6, 6.07) is 35.2. The van der Waals surface area contributed by atoms with Crippen LogP contribution in [0, 0.1) is 19.8 Å². The van der Waals surface area contributed by atoms with Gasteiger partial charge in [0.15, 0.2) is 0 Å². The van der Waals surface area contributed by atoms with E-state index in [2.05, 4.69) is 86.9 Å². The number of aryl methyl sites for hydroxylation is 2. The SMILES string of the molecule is [2H]c1ccc2c(c1)c1ccc(Oc3cccc(-n4nc(C)c(-c5ccccc5)c4C)c3)cc1n2-c1cc(CCC(C)C)ccn1. The average Bonchev–Trinajstić information content (AvgIpc) is 3.52. The largest absolute Gasteiger partial charge is 0.457 e. The zero-order valence-corrected chi connectivity index (χ0v) is 25.6. The predicted octanol–water partition coefficient (Wildman–Crippen LogP) is 10.0. The van der Waals surface area contributed by atoms with Gasteiger partial charge in [0.25, 0.3) is 0 Å². The van der Waals surface area contributed by atoms with Crippen LogP contribution in [0.15, 0.2) is 115 Å². The molecule has 0 bridgehead atoms. The Morgan fingerprint density at radius 1 is 0.795 bits per heavy atom. The van der Waals surface area contributed by atoms with Crippen LogP contribution in [0.25, 0.3) is 44.4 Å². The molecule has 0 radical (unpaired) electrons. The van der Waals surface area contributed by atoms with E-state index in [1.807, 2.05) is 59.4 Å². The summed E-state index contributed by atoms with van der Waals surface area (Å²) in [4.78, 5) is 4.80. The molecule has 7 rings (SSSR count). The van der Waals surface area contributed by atoms with Gasteiger partial charge in [-0.15, -0.1) is 0 Å². The molecule has 0 aliphatic carbocycles. The molecule has 3 aromatic heterocycles. The maximum atomic E-state index is 8.30. The van der Waals surface area contributed by atoms with E-state index >= 15 is 0 Å². The summed E-state index contributed by atoms with van der Waals surface area (Å²) in [6.07, 6.45) is 4.03. The number of nitrogens with zero attached hydrogens (tertiary/aromatic N) is 4. The van der Waals surface area contributed by atoms with Crippen LogP contribution in [0.5, 0.6) is 11.5 Å². The van der Waals surface area contributed by atoms with E-state index in [0.717, 1.165) is 80.2 Å². The van der Waals surface area contributed by atoms with Gasteiger partial charge in [-0.25, -0.2) is 9.67 Å². The Hall–Kier alpha value is -5.16. The molecule has 0 amide bonds. The van der Waals surface area contributed by atoms with E-state index in [9.17, 15) is 0 Å². The first kappa shape index (κ1) is 26.5. The maximum Gasteiger partial charge on any atom is 0.137 e. The van der Waals surface area contributed by atoms with E-state index in [4.69, 9.17) is 16.2 Å². The highest BCUT2D eigenvalue weighted by Gasteiger charge is 2.17. The molecule has 0 saturated heterocycles. The molecule has 0 fully saturated rings. The minimum atomic E-state index is 0.483. The number of benzene rings is 4. The van der Waals surface area contributed by atoms with Crippen molar-refractivity contribution in [2.75, 3.05) is 0 Å². The smallest absolute Gasteiger partial charge is 0.137 e. The van der Waals surface area contributed by atoms with E-state index < -0.39 is 0 Å². The molecule has 4 aromatic carbocycles. The van der Waals surface area contributed by atoms with Crippen molar-refractivity contribution >= 4 is 21.8 Å². The minimum absolute atomic E-state index is 0.483. The first-order valence-electron chi connectivity index (χ1n) is 15.8. The third-order valence-electron chi connectivity index (χ3n) is 8.28. The van der Waals surface area contributed by atoms with Gasteiger partial charge >= 0.3 is 0 Å². The first-order chi connectivity index (χ1) is 21.9. The lowest BCUT2D eigenvalue weighted by Gasteiger charge is -2.12. The highest BCUT2D eigenvalue weighted by molar-refractivity contribution is 6.09. The highest BCUT2D eigenvalue weighted by atomic mass is 16.5. The molecule has 0 unspecified atom stereocenters. The molecule has 5 heteroatoms. The number of pyridine rings is 1. The Bertz CT molecular complexity index is 2160. The lowest BCUT2D eigenvalue weighted by Crippen LogP contribution is -2.00. The Morgan fingerprint density at radius 2 is 1.61 bits per heavy atom. The summed E-state index contributed by atoms with van der Waals surface area (Å²) in [5.41, 5.74) is 8.60. The topological polar surface area (TPSA) is 44.9 Å². The van der Waals surface area contributed by atoms with Gasteiger partial charge in [0.2, 0.25) is 0 Å². The van der Waals surface area contributed by atoms with Gasteiger partial charge in [-0.3, -0.25) is 4.57 Å². The molecule has 0 spiro atoms. The van der Waals surface area contributed by atoms with Crippen LogP contribution in [0.2, 0.25) is 0 Å². The van der Waals surface area contributed by atoms with Crippen molar-refractivity contribution in [3.63, 3.8) is 0 Å². The molecular weight excluding hydrogens is 540 g/mol. The summed E-state index contributed by atoms with van der Waals surface area (Å²) >= 11 is 0. The summed E-state index contributed by atoms with van der Waals surface area (Å²) < 4.78 is 19.0. The predicted molar refractivity (Wildman–Crippen MR) is 180 cm³/mol. The third kappa shape index (κ3) is 5.15. The second-order valence-corrected chi connectivity index (χ2v) is 11.8. The number of ether oxygens (including phenoxy) is 1. The van der Waals surface area contributed by atoms with Crippen LogP contribution in [0.3, 0.4) is 0 Å². The highest BCUT2D eigenvalue weighted by Crippen LogP contribution is 2.36. The van der Waals surface area contributed by atoms with Gasteiger partial charge in [0.05, 0.1) is 23.8 Å². The third-order valence-corrected chi connectivity index (χ3v) is 8.28. The van der Waals surface area contributed by atoms with Crippen LogP contribution in [-0.2, 0) is 6.42 Å². The summed E-state index contributed by atoms with van der Waals surface area (Å²) in [5.74, 6) is 2.96. The van der Waals surface area contributed by atoms with Gasteiger partial charge in [0.1, 0.15) is 17.3 Å². The van der Waals surface area contributed by atoms with Crippen molar-refractivity contribution in [3.05, 3.63) is 132 Å². The van der Waals surface area contributed by atoms with Crippen LogP contribution >= 0.6 is 0 Å². The maximum absolute atomic E-state index is 8.30. The number of rotatable bonds is 8. The van der Waals surface area contributed by atoms with Crippen molar-refractivity contribution < 1.29 is 6.11 Å². The fourth-order valence-electron chi connectivity index (χ4n) is 6.12. The fraction of sp³-hybridized carbons (Fsp3) is 0.179. The Labute approximate surface area is 259 Å². The minimum Gasteiger partial charge on any atom is -0.457 e. The van der Waals surface area contributed by atoms with Crippen LogP contribution in [-0.4, -0.2) is 19.3 Å². The van der Waals surface area contributed by atoms with Gasteiger partial charge in [-0.2, -0.15) is 5.10 Å². The number of hydrogen-bond acceptors (Lipinski definition) is 3. The van der Waals surface area contributed by atoms with E-state index in [-0.39, 0.29) is 0 Å². The lowest BCUT2D eigenvalue weighted by molar-refractivity contribution is 0.482. The van der Waals surface area contributed by atoms with Gasteiger partial charge < -0.3 is 4.74 Å². The lowest BCUT2D eigenvalue weighted by atomic mass is 10.0. The Morgan fingerprint density at radius 3 is 2.45 bits per heavy atom. The molecular formula is C39H36N4O. The van der Waals surface area contributed by atoms with Gasteiger partial charge in [0, 0.05) is 40.4 Å². The van der Waals surface area contributed by atoms with E-state index in [0.29, 0.717) is 12.0 Å². The molecule has 5 nitrogen and oxygen atoms in total. The van der Waals surface area contributed by atoms with Crippen molar-refractivity contribution in [2.45, 2.75) is 40.5 Å². The van der Waals surface area contributed by atoms with Crippen molar-refractivity contribution in [3.8, 4) is 34.1 Å². The summed E-state index contributed by atoms with van der Waals surface area (Å²) in [5, 5.41) is 6.98. The molecule has 218 valence electrons. The quantitative estimate of drug-likeness (QED) is 0.181. The summed E-state index contributed by atoms with van der Waals surface area (Å²) in [6.45, 7) is 8.67. The molecule has 0 aliphatic rings. The zero-order chi connectivity index (χ0) is 31.1. The monoisotopic (exact) mass is 577 g/mol. The number of para-hydroxylation sites is 1. The molecule has 0 aliphatic heterocycles.